The van der Waals surface area contributed by atoms with Crippen LogP contribution < -0.4 is 0 Å². The van der Waals surface area contributed by atoms with Gasteiger partial charge in [-0.1, -0.05) is 43.2 Å². The van der Waals surface area contributed by atoms with Crippen LogP contribution in [0.5, 0.6) is 5.75 Å². The van der Waals surface area contributed by atoms with Crippen LogP contribution in [0, 0.1) is 5.92 Å². The van der Waals surface area contributed by atoms with E-state index in [1.807, 2.05) is 18.2 Å². The Morgan fingerprint density at radius 2 is 1.79 bits per heavy atom. The van der Waals surface area contributed by atoms with Gasteiger partial charge < -0.3 is 10.2 Å². The first-order valence-corrected chi connectivity index (χ1v) is 7.13. The van der Waals surface area contributed by atoms with Gasteiger partial charge in [0.15, 0.2) is 0 Å². The molecule has 2 heteroatoms. The highest BCUT2D eigenvalue weighted by Gasteiger charge is 2.24. The van der Waals surface area contributed by atoms with Gasteiger partial charge in [0.05, 0.1) is 6.10 Å². The number of rotatable bonds is 2. The lowest BCUT2D eigenvalue weighted by Crippen LogP contribution is -2.26. The highest BCUT2D eigenvalue weighted by atomic mass is 16.3. The van der Waals surface area contributed by atoms with Gasteiger partial charge in [-0.3, -0.25) is 0 Å². The van der Waals surface area contributed by atoms with E-state index in [0.717, 1.165) is 42.0 Å². The molecule has 0 heterocycles. The molecule has 0 amide bonds. The summed E-state index contributed by atoms with van der Waals surface area (Å²) in [5, 5.41) is 22.5. The van der Waals surface area contributed by atoms with E-state index in [1.54, 1.807) is 6.07 Å². The lowest BCUT2D eigenvalue weighted by molar-refractivity contribution is 0.0699. The summed E-state index contributed by atoms with van der Waals surface area (Å²) >= 11 is 0. The maximum atomic E-state index is 10.1. The minimum Gasteiger partial charge on any atom is -0.508 e. The van der Waals surface area contributed by atoms with Crippen molar-refractivity contribution in [3.8, 4) is 5.75 Å². The van der Waals surface area contributed by atoms with Crippen LogP contribution >= 0.6 is 0 Å². The van der Waals surface area contributed by atoms with Gasteiger partial charge in [0.25, 0.3) is 0 Å². The van der Waals surface area contributed by atoms with Crippen molar-refractivity contribution in [3.63, 3.8) is 0 Å². The number of hydrogen-bond acceptors (Lipinski definition) is 2. The van der Waals surface area contributed by atoms with Crippen LogP contribution in [0.25, 0.3) is 10.8 Å². The third kappa shape index (κ3) is 2.45. The Hall–Kier alpha value is -1.54. The number of aliphatic hydroxyl groups excluding tert-OH is 1. The summed E-state index contributed by atoms with van der Waals surface area (Å²) < 4.78 is 0. The second-order valence-corrected chi connectivity index (χ2v) is 5.60. The van der Waals surface area contributed by atoms with Crippen molar-refractivity contribution in [2.24, 2.45) is 5.92 Å². The predicted octanol–water partition coefficient (Wildman–Crippen LogP) is 3.64. The third-order valence-corrected chi connectivity index (χ3v) is 4.35. The number of hydrogen-bond donors (Lipinski definition) is 2. The summed E-state index contributed by atoms with van der Waals surface area (Å²) in [6, 6.07) is 11.9. The van der Waals surface area contributed by atoms with Gasteiger partial charge in [0.1, 0.15) is 5.75 Å². The van der Waals surface area contributed by atoms with Gasteiger partial charge in [-0.15, -0.1) is 0 Å². The molecule has 2 N–H and O–H groups in total. The van der Waals surface area contributed by atoms with Crippen molar-refractivity contribution < 1.29 is 10.2 Å². The highest BCUT2D eigenvalue weighted by molar-refractivity contribution is 5.87. The Bertz CT molecular complexity index is 576. The molecule has 3 rings (SSSR count). The highest BCUT2D eigenvalue weighted by Crippen LogP contribution is 2.34. The molecule has 0 aliphatic heterocycles. The van der Waals surface area contributed by atoms with E-state index >= 15 is 0 Å². The molecule has 0 radical (unpaired) electrons. The number of phenolic OH excluding ortho intramolecular Hbond substituents is 1. The third-order valence-electron chi connectivity index (χ3n) is 4.35. The SMILES string of the molecule is Oc1ccc2ccccc2c1CC1CCCCC1O. The van der Waals surface area contributed by atoms with E-state index in [0.29, 0.717) is 5.75 Å². The van der Waals surface area contributed by atoms with Crippen LogP contribution in [-0.2, 0) is 6.42 Å². The first-order valence-electron chi connectivity index (χ1n) is 7.13. The first-order chi connectivity index (χ1) is 9.25. The minimum absolute atomic E-state index is 0.216. The normalized spacial score (nSPS) is 23.6. The zero-order valence-corrected chi connectivity index (χ0v) is 11.0. The summed E-state index contributed by atoms with van der Waals surface area (Å²) in [5.41, 5.74) is 0.990. The number of fused-ring (bicyclic) bond motifs is 1. The Morgan fingerprint density at radius 1 is 1.00 bits per heavy atom. The Balaban J connectivity index is 1.97. The summed E-state index contributed by atoms with van der Waals surface area (Å²) in [7, 11) is 0. The molecular weight excluding hydrogens is 236 g/mol. The Labute approximate surface area is 113 Å². The molecule has 1 aliphatic rings. The molecule has 19 heavy (non-hydrogen) atoms. The van der Waals surface area contributed by atoms with Gasteiger partial charge in [0, 0.05) is 5.56 Å². The molecule has 0 saturated heterocycles. The predicted molar refractivity (Wildman–Crippen MR) is 77.3 cm³/mol. The standard InChI is InChI=1S/C17H20O2/c18-16-8-4-2-6-13(16)11-15-14-7-3-1-5-12(14)9-10-17(15)19/h1,3,5,7,9-10,13,16,18-19H,2,4,6,8,11H2. The van der Waals surface area contributed by atoms with Gasteiger partial charge >= 0.3 is 0 Å². The van der Waals surface area contributed by atoms with E-state index in [4.69, 9.17) is 0 Å². The summed E-state index contributed by atoms with van der Waals surface area (Å²) in [5.74, 6) is 0.641. The van der Waals surface area contributed by atoms with Gasteiger partial charge in [-0.25, -0.2) is 0 Å². The summed E-state index contributed by atoms with van der Waals surface area (Å²) in [6.07, 6.45) is 4.83. The summed E-state index contributed by atoms with van der Waals surface area (Å²) in [4.78, 5) is 0. The maximum absolute atomic E-state index is 10.1. The average Bonchev–Trinajstić information content (AvgIpc) is 2.44. The minimum atomic E-state index is -0.216. The van der Waals surface area contributed by atoms with Crippen LogP contribution in [-0.4, -0.2) is 16.3 Å². The van der Waals surface area contributed by atoms with Crippen molar-refractivity contribution in [2.45, 2.75) is 38.2 Å². The number of aliphatic hydroxyl groups is 1. The quantitative estimate of drug-likeness (QED) is 0.861. The Kier molecular flexibility index (Phi) is 3.43. The molecule has 2 aromatic carbocycles. The second kappa shape index (κ2) is 5.22. The van der Waals surface area contributed by atoms with E-state index in [2.05, 4.69) is 12.1 Å². The molecule has 0 aromatic heterocycles. The number of phenols is 1. The van der Waals surface area contributed by atoms with Gasteiger partial charge in [-0.05, 0) is 42.0 Å². The van der Waals surface area contributed by atoms with Crippen LogP contribution in [0.1, 0.15) is 31.2 Å². The van der Waals surface area contributed by atoms with Crippen molar-refractivity contribution in [1.29, 1.82) is 0 Å². The topological polar surface area (TPSA) is 40.5 Å². The second-order valence-electron chi connectivity index (χ2n) is 5.60. The Morgan fingerprint density at radius 3 is 2.63 bits per heavy atom. The maximum Gasteiger partial charge on any atom is 0.119 e. The zero-order valence-electron chi connectivity index (χ0n) is 11.0. The van der Waals surface area contributed by atoms with Crippen molar-refractivity contribution in [3.05, 3.63) is 42.0 Å². The fraction of sp³-hybridized carbons (Fsp3) is 0.412. The molecule has 1 fully saturated rings. The molecule has 2 aromatic rings. The van der Waals surface area contributed by atoms with E-state index < -0.39 is 0 Å². The van der Waals surface area contributed by atoms with Crippen molar-refractivity contribution >= 4 is 10.8 Å². The van der Waals surface area contributed by atoms with Crippen molar-refractivity contribution in [1.82, 2.24) is 0 Å². The number of benzene rings is 2. The molecule has 2 nitrogen and oxygen atoms in total. The molecule has 100 valence electrons. The van der Waals surface area contributed by atoms with Crippen LogP contribution in [0.3, 0.4) is 0 Å². The van der Waals surface area contributed by atoms with Gasteiger partial charge in [0.2, 0.25) is 0 Å². The fourth-order valence-electron chi connectivity index (χ4n) is 3.23. The van der Waals surface area contributed by atoms with E-state index in [9.17, 15) is 10.2 Å². The smallest absolute Gasteiger partial charge is 0.119 e. The van der Waals surface area contributed by atoms with Gasteiger partial charge in [-0.2, -0.15) is 0 Å². The monoisotopic (exact) mass is 256 g/mol. The van der Waals surface area contributed by atoms with Crippen LogP contribution in [0.2, 0.25) is 0 Å². The molecule has 2 atom stereocenters. The molecular formula is C17H20O2. The zero-order chi connectivity index (χ0) is 13.2. The lowest BCUT2D eigenvalue weighted by atomic mass is 9.81. The molecule has 1 aliphatic carbocycles. The van der Waals surface area contributed by atoms with Crippen LogP contribution in [0.15, 0.2) is 36.4 Å². The van der Waals surface area contributed by atoms with E-state index in [1.165, 1.54) is 6.42 Å². The van der Waals surface area contributed by atoms with E-state index in [-0.39, 0.29) is 12.0 Å². The van der Waals surface area contributed by atoms with Crippen molar-refractivity contribution in [2.75, 3.05) is 0 Å². The average molecular weight is 256 g/mol. The fourth-order valence-corrected chi connectivity index (χ4v) is 3.23. The molecule has 0 spiro atoms. The first kappa shape index (κ1) is 12.5. The molecule has 1 saturated carbocycles. The lowest BCUT2D eigenvalue weighted by Gasteiger charge is -2.28. The molecule has 2 unspecified atom stereocenters. The van der Waals surface area contributed by atoms with Crippen LogP contribution in [0.4, 0.5) is 0 Å². The molecule has 0 bridgehead atoms. The summed E-state index contributed by atoms with van der Waals surface area (Å²) in [6.45, 7) is 0. The number of aromatic hydroxyl groups is 1. The largest absolute Gasteiger partial charge is 0.508 e.